The number of pyridine rings is 1. The second-order valence-corrected chi connectivity index (χ2v) is 3.17. The minimum absolute atomic E-state index is 0.342. The van der Waals surface area contributed by atoms with Crippen LogP contribution in [-0.2, 0) is 5.88 Å². The molecule has 1 aromatic rings. The number of nitro groups is 1. The molecule has 0 atom stereocenters. The second kappa shape index (κ2) is 5.25. The third-order valence-electron chi connectivity index (χ3n) is 1.82. The Balaban J connectivity index is 3.34. The van der Waals surface area contributed by atoms with E-state index in [4.69, 9.17) is 11.6 Å². The van der Waals surface area contributed by atoms with Gasteiger partial charge in [-0.3, -0.25) is 10.1 Å². The van der Waals surface area contributed by atoms with Crippen LogP contribution in [0.5, 0.6) is 11.6 Å². The van der Waals surface area contributed by atoms with Gasteiger partial charge in [0.25, 0.3) is 0 Å². The molecule has 1 aromatic heterocycles. The van der Waals surface area contributed by atoms with Gasteiger partial charge in [0.2, 0.25) is 11.6 Å². The lowest BCUT2D eigenvalue weighted by molar-refractivity contribution is -0.386. The van der Waals surface area contributed by atoms with E-state index in [0.29, 0.717) is 6.20 Å². The molecular weight excluding hydrogens is 281 g/mol. The third kappa shape index (κ3) is 3.13. The molecule has 0 aliphatic heterocycles. The SMILES string of the molecule is COc1c([N+](=O)[O-])cnc(OC(F)(F)F)c1CCl. The Morgan fingerprint density at radius 2 is 2.17 bits per heavy atom. The summed E-state index contributed by atoms with van der Waals surface area (Å²) in [6.07, 6.45) is -4.37. The molecule has 0 unspecified atom stereocenters. The Hall–Kier alpha value is -1.77. The molecule has 0 spiro atoms. The monoisotopic (exact) mass is 286 g/mol. The number of alkyl halides is 4. The molecule has 6 nitrogen and oxygen atoms in total. The van der Waals surface area contributed by atoms with E-state index < -0.39 is 34.5 Å². The summed E-state index contributed by atoms with van der Waals surface area (Å²) in [4.78, 5) is 13.0. The van der Waals surface area contributed by atoms with Crippen molar-refractivity contribution < 1.29 is 27.6 Å². The van der Waals surface area contributed by atoms with Crippen LogP contribution in [0.15, 0.2) is 6.20 Å². The summed E-state index contributed by atoms with van der Waals surface area (Å²) in [5.74, 6) is -1.77. The number of methoxy groups -OCH3 is 1. The first kappa shape index (κ1) is 14.3. The van der Waals surface area contributed by atoms with E-state index in [1.54, 1.807) is 0 Å². The highest BCUT2D eigenvalue weighted by Crippen LogP contribution is 2.37. The van der Waals surface area contributed by atoms with Crippen LogP contribution in [0.2, 0.25) is 0 Å². The summed E-state index contributed by atoms with van der Waals surface area (Å²) >= 11 is 5.43. The standard InChI is InChI=1S/C8H6ClF3N2O4/c1-17-6-4(2-9)7(18-8(10,11)12)13-3-5(6)14(15)16/h3H,2H2,1H3. The van der Waals surface area contributed by atoms with Gasteiger partial charge in [-0.15, -0.1) is 24.8 Å². The summed E-state index contributed by atoms with van der Waals surface area (Å²) in [6.45, 7) is 0. The Labute approximate surface area is 103 Å². The number of hydrogen-bond acceptors (Lipinski definition) is 5. The Kier molecular flexibility index (Phi) is 4.17. The van der Waals surface area contributed by atoms with Gasteiger partial charge in [0.1, 0.15) is 6.20 Å². The van der Waals surface area contributed by atoms with Gasteiger partial charge in [-0.05, 0) is 0 Å². The van der Waals surface area contributed by atoms with E-state index in [1.165, 1.54) is 0 Å². The summed E-state index contributed by atoms with van der Waals surface area (Å²) < 4.78 is 44.5. The van der Waals surface area contributed by atoms with Gasteiger partial charge in [0.05, 0.1) is 23.5 Å². The number of ether oxygens (including phenoxy) is 2. The highest BCUT2D eigenvalue weighted by atomic mass is 35.5. The predicted octanol–water partition coefficient (Wildman–Crippen LogP) is 2.64. The fourth-order valence-electron chi connectivity index (χ4n) is 1.18. The lowest BCUT2D eigenvalue weighted by Crippen LogP contribution is -2.19. The molecule has 0 N–H and O–H groups in total. The summed E-state index contributed by atoms with van der Waals surface area (Å²) in [7, 11) is 1.07. The topological polar surface area (TPSA) is 74.5 Å². The number of nitrogens with zero attached hydrogens (tertiary/aromatic N) is 2. The van der Waals surface area contributed by atoms with E-state index in [2.05, 4.69) is 14.5 Å². The molecule has 0 aliphatic carbocycles. The molecule has 0 saturated carbocycles. The molecule has 0 radical (unpaired) electrons. The van der Waals surface area contributed by atoms with E-state index in [9.17, 15) is 23.3 Å². The summed E-state index contributed by atoms with van der Waals surface area (Å²) in [6, 6.07) is 0. The molecule has 1 rings (SSSR count). The molecule has 1 heterocycles. The fourth-order valence-corrected chi connectivity index (χ4v) is 1.42. The van der Waals surface area contributed by atoms with Gasteiger partial charge in [-0.25, -0.2) is 4.98 Å². The molecule has 18 heavy (non-hydrogen) atoms. The minimum atomic E-state index is -4.98. The highest BCUT2D eigenvalue weighted by molar-refractivity contribution is 6.17. The lowest BCUT2D eigenvalue weighted by Gasteiger charge is -2.13. The Morgan fingerprint density at radius 1 is 1.56 bits per heavy atom. The maximum absolute atomic E-state index is 12.1. The average Bonchev–Trinajstić information content (AvgIpc) is 2.25. The molecule has 0 saturated heterocycles. The normalized spacial score (nSPS) is 11.2. The minimum Gasteiger partial charge on any atom is -0.490 e. The largest absolute Gasteiger partial charge is 0.574 e. The zero-order valence-corrected chi connectivity index (χ0v) is 9.58. The highest BCUT2D eigenvalue weighted by Gasteiger charge is 2.35. The smallest absolute Gasteiger partial charge is 0.490 e. The first-order valence-electron chi connectivity index (χ1n) is 4.32. The molecule has 10 heteroatoms. The van der Waals surface area contributed by atoms with E-state index in [1.807, 2.05) is 0 Å². The summed E-state index contributed by atoms with van der Waals surface area (Å²) in [5, 5.41) is 10.6. The number of aromatic nitrogens is 1. The number of hydrogen-bond donors (Lipinski definition) is 0. The molecule has 0 amide bonds. The third-order valence-corrected chi connectivity index (χ3v) is 2.08. The van der Waals surface area contributed by atoms with Crippen LogP contribution < -0.4 is 9.47 Å². The van der Waals surface area contributed by atoms with E-state index in [0.717, 1.165) is 7.11 Å². The molecular formula is C8H6ClF3N2O4. The van der Waals surface area contributed by atoms with Crippen LogP contribution in [0.1, 0.15) is 5.56 Å². The molecule has 0 aromatic carbocycles. The van der Waals surface area contributed by atoms with Crippen molar-refractivity contribution >= 4 is 17.3 Å². The quantitative estimate of drug-likeness (QED) is 0.483. The molecule has 0 aliphatic rings. The van der Waals surface area contributed by atoms with E-state index >= 15 is 0 Å². The first-order chi connectivity index (χ1) is 8.30. The van der Waals surface area contributed by atoms with Crippen LogP contribution in [0, 0.1) is 10.1 Å². The maximum atomic E-state index is 12.1. The van der Waals surface area contributed by atoms with Crippen molar-refractivity contribution in [1.82, 2.24) is 4.98 Å². The van der Waals surface area contributed by atoms with Crippen LogP contribution in [0.25, 0.3) is 0 Å². The van der Waals surface area contributed by atoms with Crippen molar-refractivity contribution in [2.24, 2.45) is 0 Å². The average molecular weight is 287 g/mol. The van der Waals surface area contributed by atoms with Crippen molar-refractivity contribution in [3.8, 4) is 11.6 Å². The molecule has 0 bridgehead atoms. The van der Waals surface area contributed by atoms with Gasteiger partial charge in [0, 0.05) is 0 Å². The molecule has 0 fully saturated rings. The van der Waals surface area contributed by atoms with Crippen molar-refractivity contribution in [3.05, 3.63) is 21.9 Å². The molecule has 100 valence electrons. The zero-order valence-electron chi connectivity index (χ0n) is 8.82. The first-order valence-corrected chi connectivity index (χ1v) is 4.85. The van der Waals surface area contributed by atoms with Crippen molar-refractivity contribution in [1.29, 1.82) is 0 Å². The summed E-state index contributed by atoms with van der Waals surface area (Å²) in [5.41, 5.74) is -0.937. The van der Waals surface area contributed by atoms with E-state index in [-0.39, 0.29) is 5.56 Å². The van der Waals surface area contributed by atoms with Crippen LogP contribution >= 0.6 is 11.6 Å². The fraction of sp³-hybridized carbons (Fsp3) is 0.375. The second-order valence-electron chi connectivity index (χ2n) is 2.90. The van der Waals surface area contributed by atoms with Crippen LogP contribution in [0.4, 0.5) is 18.9 Å². The van der Waals surface area contributed by atoms with Crippen molar-refractivity contribution in [3.63, 3.8) is 0 Å². The van der Waals surface area contributed by atoms with Gasteiger partial charge in [-0.1, -0.05) is 0 Å². The van der Waals surface area contributed by atoms with Gasteiger partial charge in [-0.2, -0.15) is 0 Å². The maximum Gasteiger partial charge on any atom is 0.574 e. The number of rotatable bonds is 4. The Bertz CT molecular complexity index is 466. The van der Waals surface area contributed by atoms with Crippen molar-refractivity contribution in [2.45, 2.75) is 12.2 Å². The van der Waals surface area contributed by atoms with Gasteiger partial charge >= 0.3 is 12.0 Å². The zero-order chi connectivity index (χ0) is 13.9. The van der Waals surface area contributed by atoms with Crippen LogP contribution in [0.3, 0.4) is 0 Å². The number of halogens is 4. The predicted molar refractivity (Wildman–Crippen MR) is 53.7 cm³/mol. The lowest BCUT2D eigenvalue weighted by atomic mass is 10.2. The Morgan fingerprint density at radius 3 is 2.56 bits per heavy atom. The van der Waals surface area contributed by atoms with Gasteiger partial charge < -0.3 is 9.47 Å². The van der Waals surface area contributed by atoms with Gasteiger partial charge in [0.15, 0.2) is 0 Å². The van der Waals surface area contributed by atoms with Crippen LogP contribution in [-0.4, -0.2) is 23.4 Å². The van der Waals surface area contributed by atoms with Crippen molar-refractivity contribution in [2.75, 3.05) is 7.11 Å².